The van der Waals surface area contributed by atoms with E-state index in [0.717, 1.165) is 35.8 Å². The Bertz CT molecular complexity index is 897. The highest BCUT2D eigenvalue weighted by atomic mass is 32.2. The maximum absolute atomic E-state index is 12.5. The highest BCUT2D eigenvalue weighted by Gasteiger charge is 2.30. The predicted molar refractivity (Wildman–Crippen MR) is 96.1 cm³/mol. The summed E-state index contributed by atoms with van der Waals surface area (Å²) in [6.45, 7) is 1.74. The second-order valence-electron chi connectivity index (χ2n) is 5.80. The van der Waals surface area contributed by atoms with Gasteiger partial charge < -0.3 is 5.32 Å². The van der Waals surface area contributed by atoms with Gasteiger partial charge in [0.25, 0.3) is 0 Å². The number of alkyl halides is 3. The molecular formula is C17H17F3N2O3S2. The zero-order valence-electron chi connectivity index (χ0n) is 14.4. The lowest BCUT2D eigenvalue weighted by atomic mass is 10.1. The third-order valence-electron chi connectivity index (χ3n) is 3.60. The number of sulfone groups is 1. The summed E-state index contributed by atoms with van der Waals surface area (Å²) in [5.41, 5.74) is -0.115. The number of hydrogen-bond donors (Lipinski definition) is 1. The van der Waals surface area contributed by atoms with Crippen molar-refractivity contribution in [2.75, 3.05) is 12.0 Å². The number of aromatic nitrogens is 1. The molecule has 1 N–H and O–H groups in total. The molecular weight excluding hydrogens is 401 g/mol. The van der Waals surface area contributed by atoms with Crippen molar-refractivity contribution in [1.29, 1.82) is 0 Å². The highest BCUT2D eigenvalue weighted by molar-refractivity contribution is 7.99. The summed E-state index contributed by atoms with van der Waals surface area (Å²) < 4.78 is 60.3. The molecule has 1 atom stereocenters. The van der Waals surface area contributed by atoms with Crippen LogP contribution >= 0.6 is 11.8 Å². The lowest BCUT2D eigenvalue weighted by molar-refractivity contribution is -0.137. The van der Waals surface area contributed by atoms with Crippen LogP contribution in [-0.4, -0.2) is 31.3 Å². The number of hydrogen-bond acceptors (Lipinski definition) is 5. The summed E-state index contributed by atoms with van der Waals surface area (Å²) in [5, 5.41) is 3.05. The number of nitrogens with one attached hydrogen (secondary N) is 1. The number of pyridine rings is 1. The molecule has 10 heteroatoms. The number of benzene rings is 1. The molecule has 1 aromatic heterocycles. The van der Waals surface area contributed by atoms with Crippen LogP contribution < -0.4 is 5.32 Å². The Balaban J connectivity index is 1.89. The summed E-state index contributed by atoms with van der Waals surface area (Å²) in [6.07, 6.45) is -2.61. The summed E-state index contributed by atoms with van der Waals surface area (Å²) in [6, 6.07) is 7.94. The monoisotopic (exact) mass is 418 g/mol. The molecule has 0 bridgehead atoms. The Labute approximate surface area is 159 Å². The van der Waals surface area contributed by atoms with Crippen LogP contribution in [0.3, 0.4) is 0 Å². The topological polar surface area (TPSA) is 76.1 Å². The SMILES string of the molecule is CC(NC(=O)CSc1ccc(C(F)(F)F)cn1)c1ccc(S(C)(=O)=O)cc1. The molecule has 146 valence electrons. The zero-order valence-corrected chi connectivity index (χ0v) is 16.1. The number of halogens is 3. The number of amides is 1. The van der Waals surface area contributed by atoms with Gasteiger partial charge in [-0.1, -0.05) is 23.9 Å². The maximum Gasteiger partial charge on any atom is 0.417 e. The van der Waals surface area contributed by atoms with Gasteiger partial charge in [-0.15, -0.1) is 0 Å². The van der Waals surface area contributed by atoms with Crippen molar-refractivity contribution >= 4 is 27.5 Å². The van der Waals surface area contributed by atoms with Crippen molar-refractivity contribution in [2.24, 2.45) is 0 Å². The van der Waals surface area contributed by atoms with Crippen LogP contribution in [0.15, 0.2) is 52.5 Å². The molecule has 0 aliphatic heterocycles. The average molecular weight is 418 g/mol. The van der Waals surface area contributed by atoms with Crippen molar-refractivity contribution < 1.29 is 26.4 Å². The van der Waals surface area contributed by atoms with Gasteiger partial charge in [0.2, 0.25) is 5.91 Å². The van der Waals surface area contributed by atoms with Gasteiger partial charge >= 0.3 is 6.18 Å². The fourth-order valence-electron chi connectivity index (χ4n) is 2.14. The van der Waals surface area contributed by atoms with Gasteiger partial charge in [-0.3, -0.25) is 4.79 Å². The molecule has 0 aliphatic rings. The smallest absolute Gasteiger partial charge is 0.349 e. The average Bonchev–Trinajstić information content (AvgIpc) is 2.59. The minimum atomic E-state index is -4.45. The number of nitrogens with zero attached hydrogens (tertiary/aromatic N) is 1. The second-order valence-corrected chi connectivity index (χ2v) is 8.81. The number of carbonyl (C=O) groups is 1. The molecule has 0 saturated heterocycles. The van der Waals surface area contributed by atoms with Crippen LogP contribution in [0.5, 0.6) is 0 Å². The first-order valence-electron chi connectivity index (χ1n) is 7.72. The predicted octanol–water partition coefficient (Wildman–Crippen LogP) is 3.47. The van der Waals surface area contributed by atoms with Crippen molar-refractivity contribution in [3.05, 3.63) is 53.7 Å². The summed E-state index contributed by atoms with van der Waals surface area (Å²) >= 11 is 1.02. The van der Waals surface area contributed by atoms with Crippen LogP contribution in [0.1, 0.15) is 24.1 Å². The minimum Gasteiger partial charge on any atom is -0.349 e. The molecule has 5 nitrogen and oxygen atoms in total. The van der Waals surface area contributed by atoms with E-state index in [4.69, 9.17) is 0 Å². The third-order valence-corrected chi connectivity index (χ3v) is 5.67. The molecule has 1 heterocycles. The molecule has 0 aliphatic carbocycles. The Morgan fingerprint density at radius 2 is 1.81 bits per heavy atom. The van der Waals surface area contributed by atoms with Crippen molar-refractivity contribution in [3.63, 3.8) is 0 Å². The van der Waals surface area contributed by atoms with Crippen LogP contribution in [0, 0.1) is 0 Å². The first-order valence-corrected chi connectivity index (χ1v) is 10.6. The molecule has 0 spiro atoms. The molecule has 1 amide bonds. The van der Waals surface area contributed by atoms with Gasteiger partial charge in [-0.05, 0) is 36.8 Å². The van der Waals surface area contributed by atoms with Gasteiger partial charge in [0, 0.05) is 12.5 Å². The van der Waals surface area contributed by atoms with Gasteiger partial charge in [-0.25, -0.2) is 13.4 Å². The second kappa shape index (κ2) is 8.30. The minimum absolute atomic E-state index is 0.00979. The summed E-state index contributed by atoms with van der Waals surface area (Å²) in [5.74, 6) is -0.328. The summed E-state index contributed by atoms with van der Waals surface area (Å²) in [7, 11) is -3.29. The van der Waals surface area contributed by atoms with Crippen molar-refractivity contribution in [1.82, 2.24) is 10.3 Å². The van der Waals surface area contributed by atoms with E-state index in [1.54, 1.807) is 19.1 Å². The summed E-state index contributed by atoms with van der Waals surface area (Å²) in [4.78, 5) is 15.9. The van der Waals surface area contributed by atoms with Crippen LogP contribution in [0.25, 0.3) is 0 Å². The molecule has 0 radical (unpaired) electrons. The lowest BCUT2D eigenvalue weighted by Gasteiger charge is -2.14. The first-order chi connectivity index (χ1) is 12.5. The van der Waals surface area contributed by atoms with Crippen LogP contribution in [0.2, 0.25) is 0 Å². The van der Waals surface area contributed by atoms with Crippen molar-refractivity contribution in [3.8, 4) is 0 Å². The highest BCUT2D eigenvalue weighted by Crippen LogP contribution is 2.29. The van der Waals surface area contributed by atoms with Gasteiger partial charge in [0.1, 0.15) is 0 Å². The molecule has 1 unspecified atom stereocenters. The Morgan fingerprint density at radius 1 is 1.19 bits per heavy atom. The van der Waals surface area contributed by atoms with Gasteiger partial charge in [0.05, 0.1) is 27.3 Å². The van der Waals surface area contributed by atoms with E-state index in [2.05, 4.69) is 10.3 Å². The number of rotatable bonds is 6. The van der Waals surface area contributed by atoms with E-state index in [0.29, 0.717) is 5.03 Å². The molecule has 2 rings (SSSR count). The molecule has 1 aromatic carbocycles. The van der Waals surface area contributed by atoms with Crippen LogP contribution in [0.4, 0.5) is 13.2 Å². The fourth-order valence-corrected chi connectivity index (χ4v) is 3.43. The Hall–Kier alpha value is -2.07. The van der Waals surface area contributed by atoms with E-state index < -0.39 is 21.6 Å². The molecule has 2 aromatic rings. The zero-order chi connectivity index (χ0) is 20.2. The largest absolute Gasteiger partial charge is 0.417 e. The quantitative estimate of drug-likeness (QED) is 0.727. The third kappa shape index (κ3) is 6.24. The fraction of sp³-hybridized carbons (Fsp3) is 0.294. The normalized spacial score (nSPS) is 13.2. The standard InChI is InChI=1S/C17H17F3N2O3S2/c1-11(12-3-6-14(7-4-12)27(2,24)25)22-15(23)10-26-16-8-5-13(9-21-16)17(18,19)20/h3-9,11H,10H2,1-2H3,(H,22,23). The van der Waals surface area contributed by atoms with Gasteiger partial charge in [0.15, 0.2) is 9.84 Å². The maximum atomic E-state index is 12.5. The van der Waals surface area contributed by atoms with E-state index >= 15 is 0 Å². The molecule has 0 saturated carbocycles. The van der Waals surface area contributed by atoms with E-state index in [9.17, 15) is 26.4 Å². The molecule has 0 fully saturated rings. The first kappa shape index (κ1) is 21.2. The molecule has 27 heavy (non-hydrogen) atoms. The van der Waals surface area contributed by atoms with E-state index in [1.807, 2.05) is 0 Å². The van der Waals surface area contributed by atoms with Crippen LogP contribution in [-0.2, 0) is 20.8 Å². The van der Waals surface area contributed by atoms with Gasteiger partial charge in [-0.2, -0.15) is 13.2 Å². The van der Waals surface area contributed by atoms with Crippen molar-refractivity contribution in [2.45, 2.75) is 29.1 Å². The van der Waals surface area contributed by atoms with E-state index in [-0.39, 0.29) is 22.6 Å². The Morgan fingerprint density at radius 3 is 2.30 bits per heavy atom. The number of thioether (sulfide) groups is 1. The lowest BCUT2D eigenvalue weighted by Crippen LogP contribution is -2.28. The van der Waals surface area contributed by atoms with E-state index in [1.165, 1.54) is 18.2 Å². The Kier molecular flexibility index (Phi) is 6.53. The number of carbonyl (C=O) groups excluding carboxylic acids is 1.